The lowest BCUT2D eigenvalue weighted by molar-refractivity contribution is -0.117. The second kappa shape index (κ2) is 7.17. The standard InChI is InChI=1S/C19H19N3O3/c1-12-4-2-3-5-16(12)19(25)22-21-18(24)14-8-10-15(11-9-14)20-17(23)13-6-7-13/h2-5,8-11,13H,6-7H2,1H3,(H,20,23)(H,21,24)(H,22,25). The molecule has 2 aromatic rings. The van der Waals surface area contributed by atoms with Gasteiger partial charge in [-0.05, 0) is 55.7 Å². The number of benzene rings is 2. The number of nitrogens with one attached hydrogen (secondary N) is 3. The summed E-state index contributed by atoms with van der Waals surface area (Å²) in [7, 11) is 0. The molecular weight excluding hydrogens is 318 g/mol. The van der Waals surface area contributed by atoms with Crippen LogP contribution in [-0.4, -0.2) is 17.7 Å². The lowest BCUT2D eigenvalue weighted by Gasteiger charge is -2.10. The first kappa shape index (κ1) is 16.7. The molecule has 3 N–H and O–H groups in total. The van der Waals surface area contributed by atoms with E-state index in [-0.39, 0.29) is 17.7 Å². The van der Waals surface area contributed by atoms with E-state index in [1.54, 1.807) is 36.4 Å². The predicted octanol–water partition coefficient (Wildman–Crippen LogP) is 2.42. The van der Waals surface area contributed by atoms with Crippen LogP contribution in [0.2, 0.25) is 0 Å². The molecule has 0 saturated heterocycles. The van der Waals surface area contributed by atoms with E-state index in [0.29, 0.717) is 16.8 Å². The summed E-state index contributed by atoms with van der Waals surface area (Å²) in [5.41, 5.74) is 7.15. The fourth-order valence-corrected chi connectivity index (χ4v) is 2.38. The van der Waals surface area contributed by atoms with Gasteiger partial charge in [0.2, 0.25) is 5.91 Å². The molecule has 1 saturated carbocycles. The van der Waals surface area contributed by atoms with Crippen LogP contribution in [0.5, 0.6) is 0 Å². The number of carbonyl (C=O) groups is 3. The van der Waals surface area contributed by atoms with Crippen LogP contribution in [0.4, 0.5) is 5.69 Å². The Hall–Kier alpha value is -3.15. The molecule has 1 fully saturated rings. The van der Waals surface area contributed by atoms with Crippen LogP contribution in [0.25, 0.3) is 0 Å². The number of hydrogen-bond donors (Lipinski definition) is 3. The van der Waals surface area contributed by atoms with E-state index in [0.717, 1.165) is 18.4 Å². The third-order valence-corrected chi connectivity index (χ3v) is 4.04. The number of amides is 3. The molecule has 0 heterocycles. The van der Waals surface area contributed by atoms with Gasteiger partial charge in [0.15, 0.2) is 0 Å². The van der Waals surface area contributed by atoms with Gasteiger partial charge in [0.1, 0.15) is 0 Å². The lowest BCUT2D eigenvalue weighted by atomic mass is 10.1. The van der Waals surface area contributed by atoms with Gasteiger partial charge < -0.3 is 5.32 Å². The maximum atomic E-state index is 12.1. The summed E-state index contributed by atoms with van der Waals surface area (Å²) in [6.07, 6.45) is 1.87. The third-order valence-electron chi connectivity index (χ3n) is 4.04. The van der Waals surface area contributed by atoms with Gasteiger partial charge in [-0.25, -0.2) is 0 Å². The zero-order chi connectivity index (χ0) is 17.8. The molecule has 3 amide bonds. The first-order valence-corrected chi connectivity index (χ1v) is 8.12. The van der Waals surface area contributed by atoms with Crippen molar-refractivity contribution in [3.8, 4) is 0 Å². The van der Waals surface area contributed by atoms with Gasteiger partial charge in [0, 0.05) is 22.7 Å². The summed E-state index contributed by atoms with van der Waals surface area (Å²) in [6.45, 7) is 1.82. The minimum atomic E-state index is -0.429. The summed E-state index contributed by atoms with van der Waals surface area (Å²) >= 11 is 0. The Kier molecular flexibility index (Phi) is 4.79. The molecule has 128 valence electrons. The number of hydrogen-bond acceptors (Lipinski definition) is 3. The summed E-state index contributed by atoms with van der Waals surface area (Å²) < 4.78 is 0. The Morgan fingerprint density at radius 2 is 1.52 bits per heavy atom. The van der Waals surface area contributed by atoms with Crippen LogP contribution in [-0.2, 0) is 4.79 Å². The Bertz CT molecular complexity index is 811. The van der Waals surface area contributed by atoms with Crippen molar-refractivity contribution in [1.29, 1.82) is 0 Å². The molecule has 6 nitrogen and oxygen atoms in total. The van der Waals surface area contributed by atoms with E-state index in [1.165, 1.54) is 0 Å². The predicted molar refractivity (Wildman–Crippen MR) is 93.9 cm³/mol. The van der Waals surface area contributed by atoms with Crippen LogP contribution >= 0.6 is 0 Å². The van der Waals surface area contributed by atoms with Gasteiger partial charge >= 0.3 is 0 Å². The zero-order valence-electron chi connectivity index (χ0n) is 13.8. The number of hydrazine groups is 1. The highest BCUT2D eigenvalue weighted by molar-refractivity contribution is 6.00. The topological polar surface area (TPSA) is 87.3 Å². The average molecular weight is 337 g/mol. The summed E-state index contributed by atoms with van der Waals surface area (Å²) in [6, 6.07) is 13.6. The highest BCUT2D eigenvalue weighted by atomic mass is 16.2. The van der Waals surface area contributed by atoms with E-state index >= 15 is 0 Å². The second-order valence-corrected chi connectivity index (χ2v) is 6.06. The molecule has 6 heteroatoms. The van der Waals surface area contributed by atoms with Gasteiger partial charge in [0.05, 0.1) is 0 Å². The largest absolute Gasteiger partial charge is 0.326 e. The maximum absolute atomic E-state index is 12.1. The van der Waals surface area contributed by atoms with E-state index < -0.39 is 5.91 Å². The van der Waals surface area contributed by atoms with Crippen molar-refractivity contribution in [3.63, 3.8) is 0 Å². The minimum Gasteiger partial charge on any atom is -0.326 e. The highest BCUT2D eigenvalue weighted by Gasteiger charge is 2.29. The highest BCUT2D eigenvalue weighted by Crippen LogP contribution is 2.30. The Morgan fingerprint density at radius 1 is 0.880 bits per heavy atom. The molecule has 1 aliphatic rings. The fraction of sp³-hybridized carbons (Fsp3) is 0.211. The lowest BCUT2D eigenvalue weighted by Crippen LogP contribution is -2.41. The molecule has 0 aliphatic heterocycles. The number of anilines is 1. The molecule has 0 atom stereocenters. The van der Waals surface area contributed by atoms with Crippen LogP contribution in [0.1, 0.15) is 39.1 Å². The van der Waals surface area contributed by atoms with Crippen molar-refractivity contribution >= 4 is 23.4 Å². The van der Waals surface area contributed by atoms with Crippen molar-refractivity contribution in [3.05, 3.63) is 65.2 Å². The third kappa shape index (κ3) is 4.23. The fourth-order valence-electron chi connectivity index (χ4n) is 2.38. The van der Waals surface area contributed by atoms with E-state index in [1.807, 2.05) is 19.1 Å². The van der Waals surface area contributed by atoms with Gasteiger partial charge in [0.25, 0.3) is 11.8 Å². The quantitative estimate of drug-likeness (QED) is 0.749. The molecule has 0 aromatic heterocycles. The Labute approximate surface area is 145 Å². The molecule has 0 unspecified atom stereocenters. The van der Waals surface area contributed by atoms with Gasteiger partial charge in [-0.2, -0.15) is 0 Å². The van der Waals surface area contributed by atoms with Crippen LogP contribution in [0, 0.1) is 12.8 Å². The van der Waals surface area contributed by atoms with Gasteiger partial charge in [-0.1, -0.05) is 18.2 Å². The molecule has 0 radical (unpaired) electrons. The molecule has 25 heavy (non-hydrogen) atoms. The molecule has 0 spiro atoms. The van der Waals surface area contributed by atoms with Crippen LogP contribution in [0.15, 0.2) is 48.5 Å². The summed E-state index contributed by atoms with van der Waals surface area (Å²) in [5, 5.41) is 2.81. The van der Waals surface area contributed by atoms with Crippen LogP contribution in [0.3, 0.4) is 0 Å². The first-order valence-electron chi connectivity index (χ1n) is 8.12. The van der Waals surface area contributed by atoms with Crippen molar-refractivity contribution in [2.24, 2.45) is 5.92 Å². The summed E-state index contributed by atoms with van der Waals surface area (Å²) in [4.78, 5) is 35.9. The molecule has 1 aliphatic carbocycles. The Balaban J connectivity index is 1.55. The van der Waals surface area contributed by atoms with Gasteiger partial charge in [-0.3, -0.25) is 25.2 Å². The van der Waals surface area contributed by atoms with Crippen molar-refractivity contribution < 1.29 is 14.4 Å². The smallest absolute Gasteiger partial charge is 0.269 e. The Morgan fingerprint density at radius 3 is 2.16 bits per heavy atom. The zero-order valence-corrected chi connectivity index (χ0v) is 13.8. The first-order chi connectivity index (χ1) is 12.0. The van der Waals surface area contributed by atoms with Crippen molar-refractivity contribution in [2.45, 2.75) is 19.8 Å². The monoisotopic (exact) mass is 337 g/mol. The van der Waals surface area contributed by atoms with Crippen molar-refractivity contribution in [1.82, 2.24) is 10.9 Å². The van der Waals surface area contributed by atoms with E-state index in [2.05, 4.69) is 16.2 Å². The number of aryl methyl sites for hydroxylation is 1. The molecule has 0 bridgehead atoms. The van der Waals surface area contributed by atoms with E-state index in [4.69, 9.17) is 0 Å². The number of rotatable bonds is 4. The average Bonchev–Trinajstić information content (AvgIpc) is 3.45. The molecule has 3 rings (SSSR count). The maximum Gasteiger partial charge on any atom is 0.269 e. The minimum absolute atomic E-state index is 0.0164. The molecular formula is C19H19N3O3. The SMILES string of the molecule is Cc1ccccc1C(=O)NNC(=O)c1ccc(NC(=O)C2CC2)cc1. The number of carbonyl (C=O) groups excluding carboxylic acids is 3. The van der Waals surface area contributed by atoms with Gasteiger partial charge in [-0.15, -0.1) is 0 Å². The summed E-state index contributed by atoms with van der Waals surface area (Å²) in [5.74, 6) is -0.663. The van der Waals surface area contributed by atoms with Crippen molar-refractivity contribution in [2.75, 3.05) is 5.32 Å². The molecule has 2 aromatic carbocycles. The van der Waals surface area contributed by atoms with Crippen LogP contribution < -0.4 is 16.2 Å². The normalized spacial score (nSPS) is 13.0. The van der Waals surface area contributed by atoms with E-state index in [9.17, 15) is 14.4 Å². The second-order valence-electron chi connectivity index (χ2n) is 6.06.